The Morgan fingerprint density at radius 3 is 2.95 bits per heavy atom. The lowest BCUT2D eigenvalue weighted by molar-refractivity contribution is -0.142. The van der Waals surface area contributed by atoms with Crippen LogP contribution >= 0.6 is 0 Å². The van der Waals surface area contributed by atoms with Crippen molar-refractivity contribution in [2.45, 2.75) is 13.3 Å². The number of benzene rings is 1. The van der Waals surface area contributed by atoms with E-state index < -0.39 is 0 Å². The Morgan fingerprint density at radius 1 is 1.40 bits per heavy atom. The third-order valence-electron chi connectivity index (χ3n) is 3.15. The van der Waals surface area contributed by atoms with Gasteiger partial charge in [-0.2, -0.15) is 0 Å². The second-order valence-corrected chi connectivity index (χ2v) is 4.61. The Balaban J connectivity index is 1.95. The second kappa shape index (κ2) is 7.70. The average molecular weight is 275 g/mol. The van der Waals surface area contributed by atoms with Gasteiger partial charge in [-0.15, -0.1) is 0 Å². The number of rotatable bonds is 5. The number of hydrogen-bond acceptors (Lipinski definition) is 4. The molecule has 1 saturated heterocycles. The Bertz CT molecular complexity index is 465. The fourth-order valence-corrected chi connectivity index (χ4v) is 2.16. The van der Waals surface area contributed by atoms with E-state index in [9.17, 15) is 4.79 Å². The number of hydrogen-bond donors (Lipinski definition) is 0. The first-order chi connectivity index (χ1) is 9.79. The van der Waals surface area contributed by atoms with Crippen LogP contribution in [0.3, 0.4) is 0 Å². The molecule has 1 aromatic carbocycles. The van der Waals surface area contributed by atoms with Crippen molar-refractivity contribution in [2.75, 3.05) is 37.8 Å². The van der Waals surface area contributed by atoms with Crippen LogP contribution in [0.5, 0.6) is 0 Å². The largest absolute Gasteiger partial charge is 0.466 e. The minimum atomic E-state index is -0.187. The van der Waals surface area contributed by atoms with Gasteiger partial charge in [0.05, 0.1) is 26.2 Å². The molecule has 4 nitrogen and oxygen atoms in total. The van der Waals surface area contributed by atoms with Crippen molar-refractivity contribution in [3.8, 4) is 0 Å². The fourth-order valence-electron chi connectivity index (χ4n) is 2.16. The summed E-state index contributed by atoms with van der Waals surface area (Å²) >= 11 is 0. The Kier molecular flexibility index (Phi) is 5.62. The van der Waals surface area contributed by atoms with Crippen molar-refractivity contribution < 1.29 is 14.3 Å². The predicted octanol–water partition coefficient (Wildman–Crippen LogP) is 2.49. The van der Waals surface area contributed by atoms with E-state index in [1.807, 2.05) is 31.2 Å². The molecule has 1 aromatic rings. The first-order valence-electron chi connectivity index (χ1n) is 7.04. The number of carbonyl (C=O) groups excluding carboxylic acids is 1. The number of esters is 1. The van der Waals surface area contributed by atoms with E-state index in [1.54, 1.807) is 0 Å². The molecular weight excluding hydrogens is 254 g/mol. The molecule has 1 aliphatic rings. The third-order valence-corrected chi connectivity index (χ3v) is 3.15. The van der Waals surface area contributed by atoms with Crippen molar-refractivity contribution in [1.82, 2.24) is 0 Å². The van der Waals surface area contributed by atoms with Crippen molar-refractivity contribution >= 4 is 17.7 Å². The highest BCUT2D eigenvalue weighted by Crippen LogP contribution is 2.18. The zero-order chi connectivity index (χ0) is 14.2. The summed E-state index contributed by atoms with van der Waals surface area (Å²) in [6.45, 7) is 5.66. The van der Waals surface area contributed by atoms with Crippen LogP contribution in [0.25, 0.3) is 6.08 Å². The van der Waals surface area contributed by atoms with Gasteiger partial charge in [-0.05, 0) is 24.6 Å². The van der Waals surface area contributed by atoms with Crippen LogP contribution in [0.1, 0.15) is 18.9 Å². The molecule has 0 unspecified atom stereocenters. The lowest BCUT2D eigenvalue weighted by atomic mass is 10.1. The SMILES string of the molecule is CCOC(=O)CC=Cc1cccc(N2CCOCC2)c1. The second-order valence-electron chi connectivity index (χ2n) is 4.61. The van der Waals surface area contributed by atoms with Crippen LogP contribution in [0.2, 0.25) is 0 Å². The van der Waals surface area contributed by atoms with Gasteiger partial charge in [-0.1, -0.05) is 24.3 Å². The molecule has 0 saturated carbocycles. The monoisotopic (exact) mass is 275 g/mol. The summed E-state index contributed by atoms with van der Waals surface area (Å²) in [6.07, 6.45) is 4.12. The molecule has 4 heteroatoms. The molecule has 0 bridgehead atoms. The quantitative estimate of drug-likeness (QED) is 0.774. The smallest absolute Gasteiger partial charge is 0.309 e. The van der Waals surface area contributed by atoms with E-state index in [4.69, 9.17) is 9.47 Å². The Morgan fingerprint density at radius 2 is 2.20 bits per heavy atom. The molecule has 0 spiro atoms. The van der Waals surface area contributed by atoms with Gasteiger partial charge in [-0.3, -0.25) is 4.79 Å². The van der Waals surface area contributed by atoms with Gasteiger partial charge in [0.15, 0.2) is 0 Å². The van der Waals surface area contributed by atoms with Crippen LogP contribution in [-0.2, 0) is 14.3 Å². The molecule has 0 radical (unpaired) electrons. The number of anilines is 1. The molecule has 1 heterocycles. The summed E-state index contributed by atoms with van der Waals surface area (Å²) in [7, 11) is 0. The predicted molar refractivity (Wildman–Crippen MR) is 79.8 cm³/mol. The van der Waals surface area contributed by atoms with E-state index in [0.717, 1.165) is 31.9 Å². The van der Waals surface area contributed by atoms with E-state index in [-0.39, 0.29) is 5.97 Å². The average Bonchev–Trinajstić information content (AvgIpc) is 2.49. The molecule has 0 atom stereocenters. The van der Waals surface area contributed by atoms with E-state index in [1.165, 1.54) is 5.69 Å². The van der Waals surface area contributed by atoms with Crippen LogP contribution in [0, 0.1) is 0 Å². The maximum Gasteiger partial charge on any atom is 0.309 e. The third kappa shape index (κ3) is 4.38. The molecule has 1 aliphatic heterocycles. The van der Waals surface area contributed by atoms with Crippen molar-refractivity contribution in [1.29, 1.82) is 0 Å². The highest BCUT2D eigenvalue weighted by Gasteiger charge is 2.10. The van der Waals surface area contributed by atoms with Crippen molar-refractivity contribution in [3.63, 3.8) is 0 Å². The lowest BCUT2D eigenvalue weighted by Gasteiger charge is -2.29. The van der Waals surface area contributed by atoms with Gasteiger partial charge in [0.1, 0.15) is 0 Å². The topological polar surface area (TPSA) is 38.8 Å². The zero-order valence-corrected chi connectivity index (χ0v) is 11.9. The van der Waals surface area contributed by atoms with Crippen LogP contribution in [0.4, 0.5) is 5.69 Å². The number of morpholine rings is 1. The molecule has 0 aliphatic carbocycles. The first-order valence-corrected chi connectivity index (χ1v) is 7.04. The molecule has 20 heavy (non-hydrogen) atoms. The minimum absolute atomic E-state index is 0.187. The van der Waals surface area contributed by atoms with Gasteiger partial charge in [-0.25, -0.2) is 0 Å². The maximum atomic E-state index is 11.3. The summed E-state index contributed by atoms with van der Waals surface area (Å²) in [5.41, 5.74) is 2.30. The van der Waals surface area contributed by atoms with Gasteiger partial charge in [0.25, 0.3) is 0 Å². The Labute approximate surface area is 120 Å². The molecular formula is C16H21NO3. The minimum Gasteiger partial charge on any atom is -0.466 e. The van der Waals surface area contributed by atoms with Gasteiger partial charge < -0.3 is 14.4 Å². The summed E-state index contributed by atoms with van der Waals surface area (Å²) in [5, 5.41) is 0. The van der Waals surface area contributed by atoms with Crippen molar-refractivity contribution in [3.05, 3.63) is 35.9 Å². The Hall–Kier alpha value is -1.81. The van der Waals surface area contributed by atoms with E-state index in [2.05, 4.69) is 17.0 Å². The summed E-state index contributed by atoms with van der Waals surface area (Å²) in [4.78, 5) is 13.6. The molecule has 0 amide bonds. The van der Waals surface area contributed by atoms with E-state index >= 15 is 0 Å². The van der Waals surface area contributed by atoms with Gasteiger partial charge in [0, 0.05) is 18.8 Å². The zero-order valence-electron chi connectivity index (χ0n) is 11.9. The molecule has 2 rings (SSSR count). The van der Waals surface area contributed by atoms with Crippen LogP contribution in [-0.4, -0.2) is 38.9 Å². The highest BCUT2D eigenvalue weighted by atomic mass is 16.5. The molecule has 1 fully saturated rings. The first kappa shape index (κ1) is 14.6. The van der Waals surface area contributed by atoms with E-state index in [0.29, 0.717) is 13.0 Å². The summed E-state index contributed by atoms with van der Waals surface area (Å²) in [6, 6.07) is 8.31. The molecule has 0 N–H and O–H groups in total. The summed E-state index contributed by atoms with van der Waals surface area (Å²) < 4.78 is 10.2. The fraction of sp³-hybridized carbons (Fsp3) is 0.438. The standard InChI is InChI=1S/C16H21NO3/c1-2-20-16(18)8-4-6-14-5-3-7-15(13-14)17-9-11-19-12-10-17/h3-7,13H,2,8-12H2,1H3. The van der Waals surface area contributed by atoms with Crippen LogP contribution in [0.15, 0.2) is 30.3 Å². The maximum absolute atomic E-state index is 11.3. The van der Waals surface area contributed by atoms with Gasteiger partial charge in [0.2, 0.25) is 0 Å². The van der Waals surface area contributed by atoms with Crippen LogP contribution < -0.4 is 4.90 Å². The number of ether oxygens (including phenoxy) is 2. The van der Waals surface area contributed by atoms with Gasteiger partial charge >= 0.3 is 5.97 Å². The normalized spacial score (nSPS) is 15.6. The number of nitrogens with zero attached hydrogens (tertiary/aromatic N) is 1. The lowest BCUT2D eigenvalue weighted by Crippen LogP contribution is -2.36. The number of carbonyl (C=O) groups is 1. The highest BCUT2D eigenvalue weighted by molar-refractivity contribution is 5.72. The summed E-state index contributed by atoms with van der Waals surface area (Å²) in [5.74, 6) is -0.187. The molecule has 0 aromatic heterocycles. The molecule has 108 valence electrons. The van der Waals surface area contributed by atoms with Crippen molar-refractivity contribution in [2.24, 2.45) is 0 Å².